The van der Waals surface area contributed by atoms with Gasteiger partial charge in [0.25, 0.3) is 5.91 Å². The van der Waals surface area contributed by atoms with E-state index < -0.39 is 6.09 Å². The summed E-state index contributed by atoms with van der Waals surface area (Å²) < 4.78 is 0. The van der Waals surface area contributed by atoms with Crippen molar-refractivity contribution in [1.29, 1.82) is 0 Å². The molecule has 7 nitrogen and oxygen atoms in total. The number of hydrogen-bond acceptors (Lipinski definition) is 4. The molecule has 1 saturated heterocycles. The number of piperazine rings is 1. The molecule has 8 heteroatoms. The maximum absolute atomic E-state index is 13.1. The molecule has 2 amide bonds. The van der Waals surface area contributed by atoms with Gasteiger partial charge in [0.15, 0.2) is 0 Å². The average Bonchev–Trinajstić information content (AvgIpc) is 2.74. The van der Waals surface area contributed by atoms with Crippen molar-refractivity contribution in [3.05, 3.63) is 58.6 Å². The zero-order valence-corrected chi connectivity index (χ0v) is 17.9. The molecule has 0 saturated carbocycles. The maximum atomic E-state index is 13.1. The molecule has 1 aliphatic heterocycles. The number of aromatic hydroxyl groups is 1. The lowest BCUT2D eigenvalue weighted by molar-refractivity contribution is 0.0484. The van der Waals surface area contributed by atoms with E-state index in [4.69, 9.17) is 16.6 Å². The van der Waals surface area contributed by atoms with Crippen molar-refractivity contribution in [1.82, 2.24) is 14.8 Å². The molecule has 1 aliphatic rings. The Morgan fingerprint density at radius 3 is 2.58 bits per heavy atom. The third-order valence-electron chi connectivity index (χ3n) is 5.66. The minimum absolute atomic E-state index is 0.164. The Morgan fingerprint density at radius 1 is 1.13 bits per heavy atom. The Kier molecular flexibility index (Phi) is 5.45. The number of carbonyl (C=O) groups is 2. The number of phenolic OH excluding ortho intramolecular Hbond substituents is 1. The Hall–Kier alpha value is -3.32. The number of carboxylic acid groups (broad SMARTS) is 1. The number of amides is 2. The van der Waals surface area contributed by atoms with Crippen LogP contribution in [0, 0.1) is 6.92 Å². The molecule has 2 aromatic carbocycles. The smallest absolute Gasteiger partial charge is 0.407 e. The van der Waals surface area contributed by atoms with Crippen LogP contribution in [0.3, 0.4) is 0 Å². The molecule has 4 rings (SSSR count). The van der Waals surface area contributed by atoms with Gasteiger partial charge in [0.1, 0.15) is 5.75 Å². The lowest BCUT2D eigenvalue weighted by atomic mass is 10.0. The van der Waals surface area contributed by atoms with E-state index in [0.717, 1.165) is 16.5 Å². The van der Waals surface area contributed by atoms with Crippen LogP contribution in [-0.4, -0.2) is 62.7 Å². The van der Waals surface area contributed by atoms with Gasteiger partial charge in [-0.15, -0.1) is 0 Å². The summed E-state index contributed by atoms with van der Waals surface area (Å²) in [6.07, 6.45) is -0.972. The Bertz CT molecular complexity index is 1200. The molecule has 0 aliphatic carbocycles. The van der Waals surface area contributed by atoms with Gasteiger partial charge in [-0.25, -0.2) is 9.78 Å². The minimum atomic E-state index is -0.972. The summed E-state index contributed by atoms with van der Waals surface area (Å²) in [6.45, 7) is 4.56. The van der Waals surface area contributed by atoms with Crippen LogP contribution in [0.4, 0.5) is 4.79 Å². The molecule has 1 aromatic heterocycles. The summed E-state index contributed by atoms with van der Waals surface area (Å²) in [4.78, 5) is 32.0. The second-order valence-electron chi connectivity index (χ2n) is 7.80. The third-order valence-corrected chi connectivity index (χ3v) is 5.97. The summed E-state index contributed by atoms with van der Waals surface area (Å²) in [7, 11) is 0. The summed E-state index contributed by atoms with van der Waals surface area (Å²) in [5.41, 5.74) is 3.26. The molecule has 0 bridgehead atoms. The van der Waals surface area contributed by atoms with Gasteiger partial charge < -0.3 is 20.0 Å². The number of halogens is 1. The second-order valence-corrected chi connectivity index (χ2v) is 8.21. The SMILES string of the molecule is Cc1cc(-c2cc(Cl)c3ccc(C(=O)N4CCN(C(=O)O)C[C@@H]4C)cc3n2)ccc1O. The van der Waals surface area contributed by atoms with Crippen molar-refractivity contribution in [3.63, 3.8) is 0 Å². The van der Waals surface area contributed by atoms with Crippen LogP contribution in [0.2, 0.25) is 5.02 Å². The van der Waals surface area contributed by atoms with Crippen molar-refractivity contribution < 1.29 is 19.8 Å². The van der Waals surface area contributed by atoms with E-state index >= 15 is 0 Å². The fourth-order valence-corrected chi connectivity index (χ4v) is 4.14. The summed E-state index contributed by atoms with van der Waals surface area (Å²) in [6, 6.07) is 12.0. The summed E-state index contributed by atoms with van der Waals surface area (Å²) in [5.74, 6) is 0.0453. The number of rotatable bonds is 2. The van der Waals surface area contributed by atoms with E-state index in [1.165, 1.54) is 4.90 Å². The second kappa shape index (κ2) is 8.07. The van der Waals surface area contributed by atoms with E-state index in [-0.39, 0.29) is 30.8 Å². The number of fused-ring (bicyclic) bond motifs is 1. The van der Waals surface area contributed by atoms with Crippen LogP contribution in [0.25, 0.3) is 22.2 Å². The summed E-state index contributed by atoms with van der Waals surface area (Å²) >= 11 is 6.49. The fraction of sp³-hybridized carbons (Fsp3) is 0.261. The first kappa shape index (κ1) is 20.9. The van der Waals surface area contributed by atoms with Gasteiger partial charge in [-0.05, 0) is 55.8 Å². The number of aryl methyl sites for hydroxylation is 1. The Morgan fingerprint density at radius 2 is 1.90 bits per heavy atom. The minimum Gasteiger partial charge on any atom is -0.508 e. The van der Waals surface area contributed by atoms with Crippen LogP contribution in [0.1, 0.15) is 22.8 Å². The normalized spacial score (nSPS) is 16.5. The van der Waals surface area contributed by atoms with Gasteiger partial charge in [0, 0.05) is 42.2 Å². The molecule has 0 spiro atoms. The molecule has 2 heterocycles. The molecule has 3 aromatic rings. The van der Waals surface area contributed by atoms with Gasteiger partial charge in [0.2, 0.25) is 0 Å². The quantitative estimate of drug-likeness (QED) is 0.617. The number of nitrogens with zero attached hydrogens (tertiary/aromatic N) is 3. The predicted molar refractivity (Wildman–Crippen MR) is 119 cm³/mol. The highest BCUT2D eigenvalue weighted by Gasteiger charge is 2.30. The zero-order valence-electron chi connectivity index (χ0n) is 17.2. The number of phenols is 1. The molecule has 1 fully saturated rings. The Labute approximate surface area is 184 Å². The van der Waals surface area contributed by atoms with Crippen molar-refractivity contribution in [2.24, 2.45) is 0 Å². The molecule has 2 N–H and O–H groups in total. The van der Waals surface area contributed by atoms with Gasteiger partial charge in [-0.3, -0.25) is 4.79 Å². The van der Waals surface area contributed by atoms with Crippen molar-refractivity contribution in [2.45, 2.75) is 19.9 Å². The largest absolute Gasteiger partial charge is 0.508 e. The lowest BCUT2D eigenvalue weighted by Crippen LogP contribution is -2.55. The molecule has 1 atom stereocenters. The van der Waals surface area contributed by atoms with Crippen LogP contribution < -0.4 is 0 Å². The van der Waals surface area contributed by atoms with Gasteiger partial charge in [-0.1, -0.05) is 17.7 Å². The van der Waals surface area contributed by atoms with Gasteiger partial charge in [-0.2, -0.15) is 0 Å². The maximum Gasteiger partial charge on any atom is 0.407 e. The van der Waals surface area contributed by atoms with E-state index in [0.29, 0.717) is 28.3 Å². The first-order chi connectivity index (χ1) is 14.7. The molecule has 160 valence electrons. The van der Waals surface area contributed by atoms with Gasteiger partial charge in [0.05, 0.1) is 16.2 Å². The number of carbonyl (C=O) groups excluding carboxylic acids is 1. The van der Waals surface area contributed by atoms with Crippen molar-refractivity contribution in [3.8, 4) is 17.0 Å². The van der Waals surface area contributed by atoms with Crippen LogP contribution in [0.15, 0.2) is 42.5 Å². The standard InChI is InChI=1S/C23H22ClN3O4/c1-13-9-15(4-6-21(13)28)19-11-18(24)17-5-3-16(10-20(17)25-19)22(29)27-8-7-26(23(30)31)12-14(27)2/h3-6,9-11,14,28H,7-8,12H2,1-2H3,(H,30,31)/t14-/m0/s1. The van der Waals surface area contributed by atoms with Crippen molar-refractivity contribution in [2.75, 3.05) is 19.6 Å². The van der Waals surface area contributed by atoms with E-state index in [1.807, 2.05) is 19.9 Å². The van der Waals surface area contributed by atoms with Crippen LogP contribution in [0.5, 0.6) is 5.75 Å². The molecular weight excluding hydrogens is 418 g/mol. The average molecular weight is 440 g/mol. The first-order valence-electron chi connectivity index (χ1n) is 9.93. The number of pyridine rings is 1. The first-order valence-corrected chi connectivity index (χ1v) is 10.3. The topological polar surface area (TPSA) is 94.0 Å². The molecule has 31 heavy (non-hydrogen) atoms. The van der Waals surface area contributed by atoms with Crippen LogP contribution in [-0.2, 0) is 0 Å². The van der Waals surface area contributed by atoms with Gasteiger partial charge >= 0.3 is 6.09 Å². The molecule has 0 unspecified atom stereocenters. The summed E-state index contributed by atoms with van der Waals surface area (Å²) in [5, 5.41) is 20.2. The number of benzene rings is 2. The number of hydrogen-bond donors (Lipinski definition) is 2. The monoisotopic (exact) mass is 439 g/mol. The van der Waals surface area contributed by atoms with E-state index in [2.05, 4.69) is 0 Å². The third kappa shape index (κ3) is 4.01. The number of aromatic nitrogens is 1. The predicted octanol–water partition coefficient (Wildman–Crippen LogP) is 4.39. The highest BCUT2D eigenvalue weighted by Crippen LogP contribution is 2.31. The lowest BCUT2D eigenvalue weighted by Gasteiger charge is -2.38. The fourth-order valence-electron chi connectivity index (χ4n) is 3.88. The van der Waals surface area contributed by atoms with Crippen molar-refractivity contribution >= 4 is 34.5 Å². The van der Waals surface area contributed by atoms with E-state index in [9.17, 15) is 19.8 Å². The Balaban J connectivity index is 1.67. The molecular formula is C23H22ClN3O4. The highest BCUT2D eigenvalue weighted by molar-refractivity contribution is 6.35. The van der Waals surface area contributed by atoms with Crippen LogP contribution >= 0.6 is 11.6 Å². The van der Waals surface area contributed by atoms with E-state index in [1.54, 1.807) is 41.3 Å². The zero-order chi connectivity index (χ0) is 22.3. The highest BCUT2D eigenvalue weighted by atomic mass is 35.5. The molecule has 0 radical (unpaired) electrons.